The molecule has 0 aliphatic carbocycles. The number of imidazole rings is 1. The summed E-state index contributed by atoms with van der Waals surface area (Å²) in [7, 11) is 0. The summed E-state index contributed by atoms with van der Waals surface area (Å²) < 4.78 is 13.7. The molecular formula is C26H35N5O5. The van der Waals surface area contributed by atoms with E-state index in [0.717, 1.165) is 19.3 Å². The molecule has 10 nitrogen and oxygen atoms in total. The number of anilines is 1. The maximum Gasteiger partial charge on any atom is 0.256 e. The van der Waals surface area contributed by atoms with Crippen molar-refractivity contribution >= 4 is 22.9 Å². The largest absolute Gasteiger partial charge is 0.394 e. The Hall–Kier alpha value is -2.92. The summed E-state index contributed by atoms with van der Waals surface area (Å²) in [5.41, 5.74) is 1.31. The molecule has 1 aliphatic heterocycles. The minimum Gasteiger partial charge on any atom is -0.394 e. The molecule has 1 amide bonds. The van der Waals surface area contributed by atoms with Gasteiger partial charge in [0.15, 0.2) is 23.2 Å². The van der Waals surface area contributed by atoms with Crippen molar-refractivity contribution in [3.63, 3.8) is 0 Å². The van der Waals surface area contributed by atoms with E-state index >= 15 is 0 Å². The van der Waals surface area contributed by atoms with Crippen molar-refractivity contribution in [3.8, 4) is 0 Å². The van der Waals surface area contributed by atoms with Crippen LogP contribution in [0.2, 0.25) is 0 Å². The lowest BCUT2D eigenvalue weighted by Crippen LogP contribution is -2.35. The highest BCUT2D eigenvalue weighted by Crippen LogP contribution is 2.34. The highest BCUT2D eigenvalue weighted by Gasteiger charge is 2.45. The van der Waals surface area contributed by atoms with Crippen molar-refractivity contribution in [3.05, 3.63) is 48.5 Å². The number of ether oxygens (including phenoxy) is 2. The number of benzene rings is 1. The van der Waals surface area contributed by atoms with Crippen molar-refractivity contribution in [1.29, 1.82) is 0 Å². The quantitative estimate of drug-likeness (QED) is 0.306. The Bertz CT molecular complexity index is 1110. The average molecular weight is 498 g/mol. The van der Waals surface area contributed by atoms with Gasteiger partial charge < -0.3 is 25.0 Å². The summed E-state index contributed by atoms with van der Waals surface area (Å²) in [4.78, 5) is 25.6. The zero-order valence-electron chi connectivity index (χ0n) is 20.6. The van der Waals surface area contributed by atoms with Gasteiger partial charge in [-0.1, -0.05) is 63.6 Å². The van der Waals surface area contributed by atoms with Crippen LogP contribution in [0.3, 0.4) is 0 Å². The topological polar surface area (TPSA) is 132 Å². The van der Waals surface area contributed by atoms with Gasteiger partial charge in [-0.2, -0.15) is 0 Å². The van der Waals surface area contributed by atoms with Crippen molar-refractivity contribution in [2.24, 2.45) is 0 Å². The Balaban J connectivity index is 1.45. The fourth-order valence-electron chi connectivity index (χ4n) is 4.45. The number of hydrogen-bond acceptors (Lipinski definition) is 8. The van der Waals surface area contributed by atoms with Crippen LogP contribution in [0.4, 0.5) is 5.82 Å². The number of carbonyl (C=O) groups is 1. The molecule has 0 spiro atoms. The summed E-state index contributed by atoms with van der Waals surface area (Å²) in [6.45, 7) is 2.35. The van der Waals surface area contributed by atoms with Crippen molar-refractivity contribution in [2.45, 2.75) is 76.4 Å². The molecule has 36 heavy (non-hydrogen) atoms. The predicted octanol–water partition coefficient (Wildman–Crippen LogP) is 3.47. The number of aliphatic hydroxyl groups is 2. The van der Waals surface area contributed by atoms with E-state index in [1.807, 2.05) is 6.07 Å². The first-order valence-corrected chi connectivity index (χ1v) is 12.7. The van der Waals surface area contributed by atoms with Gasteiger partial charge in [0.05, 0.1) is 12.9 Å². The van der Waals surface area contributed by atoms with Crippen LogP contribution in [0.25, 0.3) is 11.2 Å². The van der Waals surface area contributed by atoms with Crippen LogP contribution in [0, 0.1) is 0 Å². The smallest absolute Gasteiger partial charge is 0.256 e. The molecule has 0 saturated carbocycles. The van der Waals surface area contributed by atoms with Gasteiger partial charge in [-0.05, 0) is 18.6 Å². The third-order valence-corrected chi connectivity index (χ3v) is 6.45. The van der Waals surface area contributed by atoms with E-state index in [4.69, 9.17) is 9.47 Å². The lowest BCUT2D eigenvalue weighted by Gasteiger charge is -2.22. The maximum absolute atomic E-state index is 12.6. The molecular weight excluding hydrogens is 462 g/mol. The molecule has 1 aromatic carbocycles. The van der Waals surface area contributed by atoms with Gasteiger partial charge in [0, 0.05) is 12.2 Å². The van der Waals surface area contributed by atoms with Crippen LogP contribution < -0.4 is 5.32 Å². The first-order chi connectivity index (χ1) is 17.6. The molecule has 0 radical (unpaired) electrons. The molecule has 3 heterocycles. The van der Waals surface area contributed by atoms with Gasteiger partial charge in [0.1, 0.15) is 24.6 Å². The first-order valence-electron chi connectivity index (χ1n) is 12.7. The average Bonchev–Trinajstić information content (AvgIpc) is 3.47. The normalized spacial score (nSPS) is 21.8. The van der Waals surface area contributed by atoms with Crippen LogP contribution >= 0.6 is 0 Å². The molecule has 3 aromatic rings. The van der Waals surface area contributed by atoms with Crippen LogP contribution in [-0.2, 0) is 9.47 Å². The highest BCUT2D eigenvalue weighted by molar-refractivity contribution is 6.06. The minimum atomic E-state index is -0.999. The standard InChI is InChI=1S/C26H35N5O5/c1-2-3-4-5-6-7-11-14-35-22-21(33)19(15-32)36-26(22)31-17-29-20-23(27-16-28-24(20)31)30-25(34)18-12-9-8-10-13-18/h8-10,12-13,16-17,19,21-22,26,32-33H,2-7,11,14-15H2,1H3,(H,27,28,30,34)/t19-,21?,22?,26-/m1/s1. The van der Waals surface area contributed by atoms with E-state index in [0.29, 0.717) is 23.3 Å². The lowest BCUT2D eigenvalue weighted by molar-refractivity contribution is -0.0711. The Labute approximate surface area is 210 Å². The third kappa shape index (κ3) is 6.07. The number of aliphatic hydroxyl groups excluding tert-OH is 2. The SMILES string of the molecule is CCCCCCCCCOC1C(O)[C@@H](CO)O[C@H]1n1cnc2c(NC(=O)c3ccccc3)ncnc21. The van der Waals surface area contributed by atoms with E-state index in [1.54, 1.807) is 28.8 Å². The number of nitrogens with one attached hydrogen (secondary N) is 1. The zero-order chi connectivity index (χ0) is 25.3. The van der Waals surface area contributed by atoms with Gasteiger partial charge >= 0.3 is 0 Å². The Morgan fingerprint density at radius 1 is 1.08 bits per heavy atom. The van der Waals surface area contributed by atoms with Gasteiger partial charge in [0.25, 0.3) is 5.91 Å². The van der Waals surface area contributed by atoms with Crippen LogP contribution in [0.15, 0.2) is 43.0 Å². The number of unbranched alkanes of at least 4 members (excludes halogenated alkanes) is 6. The molecule has 1 saturated heterocycles. The molecule has 194 valence electrons. The first kappa shape index (κ1) is 26.2. The fraction of sp³-hybridized carbons (Fsp3) is 0.538. The van der Waals surface area contributed by atoms with Crippen LogP contribution in [-0.4, -0.2) is 67.2 Å². The molecule has 1 fully saturated rings. The van der Waals surface area contributed by atoms with Gasteiger partial charge in [0.2, 0.25) is 0 Å². The number of aromatic nitrogens is 4. The minimum absolute atomic E-state index is 0.269. The number of carbonyl (C=O) groups excluding carboxylic acids is 1. The predicted molar refractivity (Wildman–Crippen MR) is 134 cm³/mol. The summed E-state index contributed by atoms with van der Waals surface area (Å²) >= 11 is 0. The van der Waals surface area contributed by atoms with E-state index < -0.39 is 24.5 Å². The maximum atomic E-state index is 12.6. The summed E-state index contributed by atoms with van der Waals surface area (Å²) in [6.07, 6.45) is 7.74. The molecule has 0 bridgehead atoms. The van der Waals surface area contributed by atoms with E-state index in [2.05, 4.69) is 27.2 Å². The number of rotatable bonds is 13. The number of nitrogens with zero attached hydrogens (tertiary/aromatic N) is 4. The summed E-state index contributed by atoms with van der Waals surface area (Å²) in [5, 5.41) is 23.2. The van der Waals surface area contributed by atoms with Crippen molar-refractivity contribution in [2.75, 3.05) is 18.5 Å². The second-order valence-corrected chi connectivity index (χ2v) is 9.06. The number of hydrogen-bond donors (Lipinski definition) is 3. The Morgan fingerprint density at radius 2 is 1.83 bits per heavy atom. The van der Waals surface area contributed by atoms with E-state index in [-0.39, 0.29) is 18.3 Å². The number of fused-ring (bicyclic) bond motifs is 1. The van der Waals surface area contributed by atoms with Crippen molar-refractivity contribution in [1.82, 2.24) is 19.5 Å². The number of amides is 1. The highest BCUT2D eigenvalue weighted by atomic mass is 16.6. The third-order valence-electron chi connectivity index (χ3n) is 6.45. The van der Waals surface area contributed by atoms with Gasteiger partial charge in [-0.3, -0.25) is 9.36 Å². The van der Waals surface area contributed by atoms with Crippen LogP contribution in [0.5, 0.6) is 0 Å². The van der Waals surface area contributed by atoms with Crippen LogP contribution in [0.1, 0.15) is 68.5 Å². The van der Waals surface area contributed by atoms with Gasteiger partial charge in [-0.25, -0.2) is 15.0 Å². The molecule has 4 rings (SSSR count). The molecule has 1 aliphatic rings. The summed E-state index contributed by atoms with van der Waals surface area (Å²) in [6, 6.07) is 8.83. The monoisotopic (exact) mass is 497 g/mol. The lowest BCUT2D eigenvalue weighted by atomic mass is 10.1. The fourth-order valence-corrected chi connectivity index (χ4v) is 4.45. The second-order valence-electron chi connectivity index (χ2n) is 9.06. The molecule has 4 atom stereocenters. The Morgan fingerprint density at radius 3 is 2.58 bits per heavy atom. The summed E-state index contributed by atoms with van der Waals surface area (Å²) in [5.74, 6) is -0.0423. The molecule has 3 N–H and O–H groups in total. The molecule has 2 unspecified atom stereocenters. The second kappa shape index (κ2) is 12.9. The van der Waals surface area contributed by atoms with E-state index in [1.165, 1.54) is 38.3 Å². The van der Waals surface area contributed by atoms with Gasteiger partial charge in [-0.15, -0.1) is 0 Å². The molecule has 2 aromatic heterocycles. The molecule has 10 heteroatoms. The van der Waals surface area contributed by atoms with Crippen molar-refractivity contribution < 1.29 is 24.5 Å². The Kier molecular flexibility index (Phi) is 9.35. The van der Waals surface area contributed by atoms with E-state index in [9.17, 15) is 15.0 Å². The zero-order valence-corrected chi connectivity index (χ0v) is 20.6.